The summed E-state index contributed by atoms with van der Waals surface area (Å²) in [5.41, 5.74) is 2.40. The van der Waals surface area contributed by atoms with Gasteiger partial charge in [0.25, 0.3) is 5.91 Å². The number of sulfonamides is 1. The molecule has 1 amide bonds. The van der Waals surface area contributed by atoms with Gasteiger partial charge in [-0.15, -0.1) is 0 Å². The summed E-state index contributed by atoms with van der Waals surface area (Å²) in [4.78, 5) is 14.1. The van der Waals surface area contributed by atoms with Gasteiger partial charge in [0.2, 0.25) is 10.0 Å². The number of carbonyl (C=O) groups is 1. The van der Waals surface area contributed by atoms with Gasteiger partial charge in [-0.3, -0.25) is 4.79 Å². The van der Waals surface area contributed by atoms with Gasteiger partial charge in [-0.1, -0.05) is 29.8 Å². The van der Waals surface area contributed by atoms with Crippen LogP contribution in [0, 0.1) is 6.92 Å². The average molecular weight is 375 g/mol. The minimum absolute atomic E-state index is 0.134. The first kappa shape index (κ1) is 20.1. The minimum atomic E-state index is -3.63. The number of nitrogens with zero attached hydrogens (tertiary/aromatic N) is 1. The van der Waals surface area contributed by atoms with E-state index in [-0.39, 0.29) is 17.3 Å². The third-order valence-corrected chi connectivity index (χ3v) is 5.24. The maximum absolute atomic E-state index is 12.4. The predicted octanol–water partition coefficient (Wildman–Crippen LogP) is 1.76. The molecule has 2 aromatic carbocycles. The molecule has 0 fully saturated rings. The van der Waals surface area contributed by atoms with E-state index in [2.05, 4.69) is 10.0 Å². The SMILES string of the molecule is Cc1cccc(CNS(=O)(=O)c2ccc(C(=O)NCCN(C)C)cc2)c1. The number of hydrogen-bond acceptors (Lipinski definition) is 4. The van der Waals surface area contributed by atoms with E-state index in [0.29, 0.717) is 12.1 Å². The van der Waals surface area contributed by atoms with Crippen LogP contribution in [0.25, 0.3) is 0 Å². The fourth-order valence-corrected chi connectivity index (χ4v) is 3.38. The number of likely N-dealkylation sites (N-methyl/N-ethyl adjacent to an activating group) is 1. The van der Waals surface area contributed by atoms with Crippen LogP contribution in [0.5, 0.6) is 0 Å². The highest BCUT2D eigenvalue weighted by Gasteiger charge is 2.14. The van der Waals surface area contributed by atoms with Crippen molar-refractivity contribution in [2.24, 2.45) is 0 Å². The predicted molar refractivity (Wildman–Crippen MR) is 103 cm³/mol. The molecule has 0 aliphatic carbocycles. The summed E-state index contributed by atoms with van der Waals surface area (Å²) < 4.78 is 27.4. The normalized spacial score (nSPS) is 11.5. The Kier molecular flexibility index (Phi) is 6.90. The first-order valence-electron chi connectivity index (χ1n) is 8.36. The van der Waals surface area contributed by atoms with Gasteiger partial charge < -0.3 is 10.2 Å². The molecule has 7 heteroatoms. The molecule has 0 spiro atoms. The van der Waals surface area contributed by atoms with Crippen molar-refractivity contribution in [1.29, 1.82) is 0 Å². The molecule has 0 bridgehead atoms. The Bertz CT molecular complexity index is 847. The van der Waals surface area contributed by atoms with Crippen LogP contribution >= 0.6 is 0 Å². The number of aryl methyl sites for hydroxylation is 1. The number of rotatable bonds is 8. The first-order chi connectivity index (χ1) is 12.3. The number of hydrogen-bond donors (Lipinski definition) is 2. The summed E-state index contributed by atoms with van der Waals surface area (Å²) in [6.45, 7) is 3.45. The number of benzene rings is 2. The van der Waals surface area contributed by atoms with Crippen LogP contribution in [0.2, 0.25) is 0 Å². The Hall–Kier alpha value is -2.22. The van der Waals surface area contributed by atoms with E-state index in [1.807, 2.05) is 50.2 Å². The molecular formula is C19H25N3O3S. The van der Waals surface area contributed by atoms with Crippen molar-refractivity contribution < 1.29 is 13.2 Å². The smallest absolute Gasteiger partial charge is 0.251 e. The Morgan fingerprint density at radius 3 is 2.38 bits per heavy atom. The molecule has 26 heavy (non-hydrogen) atoms. The summed E-state index contributed by atoms with van der Waals surface area (Å²) in [7, 11) is 0.222. The molecule has 0 aliphatic heterocycles. The lowest BCUT2D eigenvalue weighted by Gasteiger charge is -2.11. The fourth-order valence-electron chi connectivity index (χ4n) is 2.36. The molecular weight excluding hydrogens is 350 g/mol. The summed E-state index contributed by atoms with van der Waals surface area (Å²) in [6, 6.07) is 13.6. The highest BCUT2D eigenvalue weighted by atomic mass is 32.2. The van der Waals surface area contributed by atoms with Crippen LogP contribution in [0.1, 0.15) is 21.5 Å². The van der Waals surface area contributed by atoms with E-state index in [4.69, 9.17) is 0 Å². The average Bonchev–Trinajstić information content (AvgIpc) is 2.60. The van der Waals surface area contributed by atoms with Crippen molar-refractivity contribution in [2.45, 2.75) is 18.4 Å². The molecule has 0 saturated heterocycles. The number of carbonyl (C=O) groups excluding carboxylic acids is 1. The Morgan fingerprint density at radius 2 is 1.77 bits per heavy atom. The van der Waals surface area contributed by atoms with Crippen molar-refractivity contribution >= 4 is 15.9 Å². The molecule has 2 aromatic rings. The molecule has 0 radical (unpaired) electrons. The van der Waals surface area contributed by atoms with Gasteiger partial charge in [0, 0.05) is 25.2 Å². The molecule has 140 valence electrons. The quantitative estimate of drug-likeness (QED) is 0.737. The Morgan fingerprint density at radius 1 is 1.08 bits per heavy atom. The minimum Gasteiger partial charge on any atom is -0.351 e. The molecule has 2 rings (SSSR count). The zero-order chi connectivity index (χ0) is 19.2. The third-order valence-electron chi connectivity index (χ3n) is 3.82. The van der Waals surface area contributed by atoms with Crippen molar-refractivity contribution in [3.8, 4) is 0 Å². The van der Waals surface area contributed by atoms with E-state index in [1.54, 1.807) is 0 Å². The Balaban J connectivity index is 1.98. The van der Waals surface area contributed by atoms with Crippen LogP contribution in [0.15, 0.2) is 53.4 Å². The molecule has 0 aromatic heterocycles. The van der Waals surface area contributed by atoms with Gasteiger partial charge in [-0.05, 0) is 50.8 Å². The Labute approximate surface area is 155 Å². The van der Waals surface area contributed by atoms with Gasteiger partial charge >= 0.3 is 0 Å². The molecule has 0 atom stereocenters. The summed E-state index contributed by atoms with van der Waals surface area (Å²) in [5, 5.41) is 2.79. The molecule has 6 nitrogen and oxygen atoms in total. The lowest BCUT2D eigenvalue weighted by atomic mass is 10.1. The molecule has 0 aliphatic rings. The highest BCUT2D eigenvalue weighted by Crippen LogP contribution is 2.12. The highest BCUT2D eigenvalue weighted by molar-refractivity contribution is 7.89. The lowest BCUT2D eigenvalue weighted by molar-refractivity contribution is 0.0951. The standard InChI is InChI=1S/C19H25N3O3S/c1-15-5-4-6-16(13-15)14-21-26(24,25)18-9-7-17(8-10-18)19(23)20-11-12-22(2)3/h4-10,13,21H,11-12,14H2,1-3H3,(H,20,23). The van der Waals surface area contributed by atoms with Crippen molar-refractivity contribution in [2.75, 3.05) is 27.2 Å². The van der Waals surface area contributed by atoms with Gasteiger partial charge in [0.05, 0.1) is 4.90 Å². The summed E-state index contributed by atoms with van der Waals surface area (Å²) >= 11 is 0. The monoisotopic (exact) mass is 375 g/mol. The third kappa shape index (κ3) is 5.94. The lowest BCUT2D eigenvalue weighted by Crippen LogP contribution is -2.31. The van der Waals surface area contributed by atoms with E-state index in [1.165, 1.54) is 24.3 Å². The summed E-state index contributed by atoms with van der Waals surface area (Å²) in [5.74, 6) is -0.219. The van der Waals surface area contributed by atoms with E-state index >= 15 is 0 Å². The van der Waals surface area contributed by atoms with Gasteiger partial charge in [0.15, 0.2) is 0 Å². The first-order valence-corrected chi connectivity index (χ1v) is 9.84. The zero-order valence-electron chi connectivity index (χ0n) is 15.3. The van der Waals surface area contributed by atoms with Crippen molar-refractivity contribution in [1.82, 2.24) is 14.9 Å². The van der Waals surface area contributed by atoms with E-state index in [9.17, 15) is 13.2 Å². The van der Waals surface area contributed by atoms with Gasteiger partial charge in [-0.25, -0.2) is 13.1 Å². The fraction of sp³-hybridized carbons (Fsp3) is 0.316. The van der Waals surface area contributed by atoms with Gasteiger partial charge in [-0.2, -0.15) is 0 Å². The van der Waals surface area contributed by atoms with Crippen molar-refractivity contribution in [3.63, 3.8) is 0 Å². The number of amides is 1. The van der Waals surface area contributed by atoms with E-state index < -0.39 is 10.0 Å². The number of nitrogens with one attached hydrogen (secondary N) is 2. The topological polar surface area (TPSA) is 78.5 Å². The van der Waals surface area contributed by atoms with E-state index in [0.717, 1.165) is 17.7 Å². The van der Waals surface area contributed by atoms with Crippen LogP contribution in [0.3, 0.4) is 0 Å². The van der Waals surface area contributed by atoms with Crippen LogP contribution in [-0.2, 0) is 16.6 Å². The molecule has 0 heterocycles. The zero-order valence-corrected chi connectivity index (χ0v) is 16.1. The van der Waals surface area contributed by atoms with Gasteiger partial charge in [0.1, 0.15) is 0 Å². The van der Waals surface area contributed by atoms with Crippen molar-refractivity contribution in [3.05, 3.63) is 65.2 Å². The second kappa shape index (κ2) is 8.93. The van der Waals surface area contributed by atoms with Crippen LogP contribution < -0.4 is 10.0 Å². The molecule has 0 saturated carbocycles. The second-order valence-electron chi connectivity index (χ2n) is 6.40. The second-order valence-corrected chi connectivity index (χ2v) is 8.16. The molecule has 2 N–H and O–H groups in total. The summed E-state index contributed by atoms with van der Waals surface area (Å²) in [6.07, 6.45) is 0. The molecule has 0 unspecified atom stereocenters. The van der Waals surface area contributed by atoms with Crippen LogP contribution in [-0.4, -0.2) is 46.4 Å². The largest absolute Gasteiger partial charge is 0.351 e. The maximum Gasteiger partial charge on any atom is 0.251 e. The van der Waals surface area contributed by atoms with Crippen LogP contribution in [0.4, 0.5) is 0 Å². The maximum atomic E-state index is 12.4.